The Morgan fingerprint density at radius 2 is 1.50 bits per heavy atom. The summed E-state index contributed by atoms with van der Waals surface area (Å²) in [5.74, 6) is 1.84. The molecule has 0 bridgehead atoms. The summed E-state index contributed by atoms with van der Waals surface area (Å²) in [6.45, 7) is 1.48. The van der Waals surface area contributed by atoms with Crippen LogP contribution in [0.15, 0.2) is 60.7 Å². The highest BCUT2D eigenvalue weighted by Gasteiger charge is 2.52. The number of benzene rings is 2. The molecule has 0 radical (unpaired) electrons. The van der Waals surface area contributed by atoms with Gasteiger partial charge in [0.15, 0.2) is 5.79 Å². The molecule has 1 heterocycles. The molecule has 2 fully saturated rings. The Labute approximate surface area is 148 Å². The Morgan fingerprint density at radius 3 is 2.21 bits per heavy atom. The second kappa shape index (κ2) is 6.91. The molecular formula is C21H24O2S. The number of hydrogen-bond donors (Lipinski definition) is 0. The van der Waals surface area contributed by atoms with E-state index < -0.39 is 0 Å². The van der Waals surface area contributed by atoms with E-state index in [1.807, 2.05) is 11.8 Å². The largest absolute Gasteiger partial charge is 0.348 e. The lowest BCUT2D eigenvalue weighted by atomic mass is 9.80. The molecular weight excluding hydrogens is 316 g/mol. The first-order chi connectivity index (χ1) is 11.8. The Kier molecular flexibility index (Phi) is 4.66. The Morgan fingerprint density at radius 1 is 0.833 bits per heavy atom. The van der Waals surface area contributed by atoms with Crippen molar-refractivity contribution in [3.8, 4) is 0 Å². The van der Waals surface area contributed by atoms with Crippen molar-refractivity contribution in [1.29, 1.82) is 0 Å². The summed E-state index contributed by atoms with van der Waals surface area (Å²) in [4.78, 5) is 0. The van der Waals surface area contributed by atoms with E-state index in [1.54, 1.807) is 0 Å². The second-order valence-corrected chi connectivity index (χ2v) is 7.89. The maximum absolute atomic E-state index is 6.01. The molecule has 1 unspecified atom stereocenters. The summed E-state index contributed by atoms with van der Waals surface area (Å²) in [6.07, 6.45) is 3.12. The van der Waals surface area contributed by atoms with Crippen LogP contribution in [0.1, 0.15) is 30.4 Å². The first-order valence-corrected chi connectivity index (χ1v) is 9.91. The molecule has 2 aliphatic rings. The standard InChI is InChI=1S/C21H24O2S/c1-3-7-18(8-4-1)15-24-17-20(19-9-5-2-6-10-19)11-12-21(16-20)22-13-14-23-21/h1-10H,11-17H2. The van der Waals surface area contributed by atoms with Crippen LogP contribution in [-0.4, -0.2) is 24.8 Å². The van der Waals surface area contributed by atoms with Crippen molar-refractivity contribution in [2.45, 2.75) is 36.2 Å². The van der Waals surface area contributed by atoms with Crippen LogP contribution in [0.3, 0.4) is 0 Å². The number of rotatable bonds is 5. The third-order valence-corrected chi connectivity index (χ3v) is 6.58. The van der Waals surface area contributed by atoms with E-state index in [9.17, 15) is 0 Å². The van der Waals surface area contributed by atoms with Gasteiger partial charge in [0.1, 0.15) is 0 Å². The van der Waals surface area contributed by atoms with E-state index in [-0.39, 0.29) is 11.2 Å². The molecule has 126 valence electrons. The minimum atomic E-state index is -0.330. The fourth-order valence-corrected chi connectivity index (χ4v) is 5.38. The van der Waals surface area contributed by atoms with Gasteiger partial charge in [0.05, 0.1) is 13.2 Å². The van der Waals surface area contributed by atoms with Crippen LogP contribution in [0.4, 0.5) is 0 Å². The van der Waals surface area contributed by atoms with E-state index >= 15 is 0 Å². The summed E-state index contributed by atoms with van der Waals surface area (Å²) in [7, 11) is 0. The van der Waals surface area contributed by atoms with Gasteiger partial charge < -0.3 is 9.47 Å². The van der Waals surface area contributed by atoms with Gasteiger partial charge in [-0.3, -0.25) is 0 Å². The van der Waals surface area contributed by atoms with Crippen molar-refractivity contribution in [2.24, 2.45) is 0 Å². The van der Waals surface area contributed by atoms with Gasteiger partial charge in [0, 0.05) is 29.8 Å². The average Bonchev–Trinajstić information content (AvgIpc) is 3.25. The summed E-state index contributed by atoms with van der Waals surface area (Å²) >= 11 is 2.03. The number of thioether (sulfide) groups is 1. The lowest BCUT2D eigenvalue weighted by molar-refractivity contribution is -0.153. The third-order valence-electron chi connectivity index (χ3n) is 5.28. The van der Waals surface area contributed by atoms with Crippen LogP contribution < -0.4 is 0 Å². The van der Waals surface area contributed by atoms with E-state index in [0.29, 0.717) is 0 Å². The minimum Gasteiger partial charge on any atom is -0.348 e. The molecule has 24 heavy (non-hydrogen) atoms. The Bertz CT molecular complexity index is 652. The van der Waals surface area contributed by atoms with Gasteiger partial charge in [0.2, 0.25) is 0 Å². The molecule has 1 aliphatic carbocycles. The zero-order valence-electron chi connectivity index (χ0n) is 13.9. The molecule has 0 aromatic heterocycles. The van der Waals surface area contributed by atoms with E-state index in [4.69, 9.17) is 9.47 Å². The van der Waals surface area contributed by atoms with Gasteiger partial charge in [-0.25, -0.2) is 0 Å². The molecule has 0 amide bonds. The monoisotopic (exact) mass is 340 g/mol. The van der Waals surface area contributed by atoms with Crippen molar-refractivity contribution in [1.82, 2.24) is 0 Å². The predicted octanol–water partition coefficient (Wildman–Crippen LogP) is 4.78. The van der Waals surface area contributed by atoms with Crippen molar-refractivity contribution in [2.75, 3.05) is 19.0 Å². The number of ether oxygens (including phenoxy) is 2. The molecule has 1 spiro atoms. The maximum atomic E-state index is 6.01. The number of hydrogen-bond acceptors (Lipinski definition) is 3. The highest BCUT2D eigenvalue weighted by molar-refractivity contribution is 7.98. The average molecular weight is 340 g/mol. The van der Waals surface area contributed by atoms with Gasteiger partial charge in [-0.2, -0.15) is 11.8 Å². The van der Waals surface area contributed by atoms with Crippen LogP contribution in [0, 0.1) is 0 Å². The summed E-state index contributed by atoms with van der Waals surface area (Å²) in [5, 5.41) is 0. The van der Waals surface area contributed by atoms with Gasteiger partial charge >= 0.3 is 0 Å². The van der Waals surface area contributed by atoms with E-state index in [0.717, 1.165) is 44.0 Å². The van der Waals surface area contributed by atoms with Crippen LogP contribution in [0.5, 0.6) is 0 Å². The quantitative estimate of drug-likeness (QED) is 0.780. The van der Waals surface area contributed by atoms with Crippen LogP contribution in [0.25, 0.3) is 0 Å². The zero-order valence-corrected chi connectivity index (χ0v) is 14.8. The molecule has 0 N–H and O–H groups in total. The predicted molar refractivity (Wildman–Crippen MR) is 99.2 cm³/mol. The highest BCUT2D eigenvalue weighted by atomic mass is 32.2. The lowest BCUT2D eigenvalue weighted by Gasteiger charge is -2.31. The lowest BCUT2D eigenvalue weighted by Crippen LogP contribution is -2.33. The topological polar surface area (TPSA) is 18.5 Å². The maximum Gasteiger partial charge on any atom is 0.169 e. The smallest absolute Gasteiger partial charge is 0.169 e. The SMILES string of the molecule is c1ccc(CSCC2(c3ccccc3)CCC3(C2)OCCO3)cc1. The van der Waals surface area contributed by atoms with Gasteiger partial charge in [0.25, 0.3) is 0 Å². The van der Waals surface area contributed by atoms with Crippen molar-refractivity contribution in [3.05, 3.63) is 71.8 Å². The summed E-state index contributed by atoms with van der Waals surface area (Å²) < 4.78 is 12.0. The molecule has 1 atom stereocenters. The van der Waals surface area contributed by atoms with Crippen LogP contribution in [0.2, 0.25) is 0 Å². The normalized spacial score (nSPS) is 25.3. The van der Waals surface area contributed by atoms with Gasteiger partial charge in [-0.1, -0.05) is 60.7 Å². The van der Waals surface area contributed by atoms with Gasteiger partial charge in [-0.05, 0) is 17.5 Å². The van der Waals surface area contributed by atoms with E-state index in [1.165, 1.54) is 11.1 Å². The van der Waals surface area contributed by atoms with Crippen molar-refractivity contribution in [3.63, 3.8) is 0 Å². The Hall–Kier alpha value is -1.29. The third kappa shape index (κ3) is 3.26. The summed E-state index contributed by atoms with van der Waals surface area (Å²) in [5.41, 5.74) is 2.98. The molecule has 3 heteroatoms. The molecule has 1 aliphatic heterocycles. The Balaban J connectivity index is 1.51. The molecule has 2 nitrogen and oxygen atoms in total. The van der Waals surface area contributed by atoms with Gasteiger partial charge in [-0.15, -0.1) is 0 Å². The van der Waals surface area contributed by atoms with Crippen molar-refractivity contribution >= 4 is 11.8 Å². The minimum absolute atomic E-state index is 0.158. The van der Waals surface area contributed by atoms with E-state index in [2.05, 4.69) is 60.7 Å². The molecule has 4 rings (SSSR count). The van der Waals surface area contributed by atoms with Crippen molar-refractivity contribution < 1.29 is 9.47 Å². The first kappa shape index (κ1) is 16.2. The second-order valence-electron chi connectivity index (χ2n) is 6.91. The fourth-order valence-electron chi connectivity index (χ4n) is 4.05. The zero-order chi connectivity index (χ0) is 16.3. The first-order valence-electron chi connectivity index (χ1n) is 8.76. The summed E-state index contributed by atoms with van der Waals surface area (Å²) in [6, 6.07) is 21.7. The molecule has 1 saturated heterocycles. The molecule has 2 aromatic rings. The van der Waals surface area contributed by atoms with Crippen LogP contribution >= 0.6 is 11.8 Å². The molecule has 2 aromatic carbocycles. The molecule has 1 saturated carbocycles. The fraction of sp³-hybridized carbons (Fsp3) is 0.429. The highest BCUT2D eigenvalue weighted by Crippen LogP contribution is 2.51. The van der Waals surface area contributed by atoms with Crippen LogP contribution in [-0.2, 0) is 20.6 Å².